The van der Waals surface area contributed by atoms with Crippen molar-refractivity contribution in [1.82, 2.24) is 10.2 Å². The van der Waals surface area contributed by atoms with Gasteiger partial charge in [0.1, 0.15) is 0 Å². The highest BCUT2D eigenvalue weighted by Gasteiger charge is 2.19. The zero-order valence-corrected chi connectivity index (χ0v) is 9.59. The number of likely N-dealkylation sites (N-methyl/N-ethyl adjacent to an activating group) is 1. The normalized spacial score (nSPS) is 16.5. The fourth-order valence-corrected chi connectivity index (χ4v) is 1.33. The van der Waals surface area contributed by atoms with Gasteiger partial charge in [0.15, 0.2) is 0 Å². The zero-order valence-electron chi connectivity index (χ0n) is 9.59. The summed E-state index contributed by atoms with van der Waals surface area (Å²) in [5.74, 6) is 1.04. The van der Waals surface area contributed by atoms with Crippen LogP contribution < -0.4 is 5.32 Å². The zero-order chi connectivity index (χ0) is 10.2. The number of hydrogen-bond acceptors (Lipinski definition) is 3. The first-order chi connectivity index (χ1) is 6.79. The fourth-order valence-electron chi connectivity index (χ4n) is 1.33. The van der Waals surface area contributed by atoms with Gasteiger partial charge in [0, 0.05) is 13.1 Å². The van der Waals surface area contributed by atoms with Gasteiger partial charge in [0.25, 0.3) is 0 Å². The molecule has 1 rings (SSSR count). The molecule has 1 aliphatic carbocycles. The number of nitrogens with one attached hydrogen (secondary N) is 1. The molecule has 3 nitrogen and oxygen atoms in total. The Kier molecular flexibility index (Phi) is 6.15. The van der Waals surface area contributed by atoms with E-state index in [4.69, 9.17) is 4.74 Å². The predicted molar refractivity (Wildman–Crippen MR) is 59.6 cm³/mol. The molecule has 0 spiro atoms. The molecule has 14 heavy (non-hydrogen) atoms. The summed E-state index contributed by atoms with van der Waals surface area (Å²) in [4.78, 5) is 2.14. The maximum atomic E-state index is 5.46. The molecule has 1 N–H and O–H groups in total. The SMILES string of the molecule is CN(C)CCOCCNCCC1CC1. The van der Waals surface area contributed by atoms with Gasteiger partial charge in [-0.25, -0.2) is 0 Å². The number of hydrogen-bond donors (Lipinski definition) is 1. The lowest BCUT2D eigenvalue weighted by Crippen LogP contribution is -2.24. The lowest BCUT2D eigenvalue weighted by Gasteiger charge is -2.10. The van der Waals surface area contributed by atoms with Crippen LogP contribution in [0.4, 0.5) is 0 Å². The van der Waals surface area contributed by atoms with E-state index in [1.165, 1.54) is 25.8 Å². The van der Waals surface area contributed by atoms with Gasteiger partial charge < -0.3 is 15.0 Å². The summed E-state index contributed by atoms with van der Waals surface area (Å²) in [7, 11) is 4.13. The Morgan fingerprint density at radius 1 is 1.21 bits per heavy atom. The van der Waals surface area contributed by atoms with Crippen LogP contribution in [0.1, 0.15) is 19.3 Å². The summed E-state index contributed by atoms with van der Waals surface area (Å²) in [6.07, 6.45) is 4.28. The van der Waals surface area contributed by atoms with Gasteiger partial charge in [0.05, 0.1) is 13.2 Å². The van der Waals surface area contributed by atoms with E-state index in [0.717, 1.165) is 32.2 Å². The van der Waals surface area contributed by atoms with E-state index in [1.54, 1.807) is 0 Å². The van der Waals surface area contributed by atoms with E-state index in [9.17, 15) is 0 Å². The molecule has 0 radical (unpaired) electrons. The van der Waals surface area contributed by atoms with Crippen molar-refractivity contribution in [2.75, 3.05) is 46.9 Å². The Labute approximate surface area is 87.8 Å². The quantitative estimate of drug-likeness (QED) is 0.561. The first kappa shape index (κ1) is 12.0. The number of rotatable bonds is 9. The molecular formula is C11H24N2O. The number of ether oxygens (including phenoxy) is 1. The molecule has 0 bridgehead atoms. The van der Waals surface area contributed by atoms with Crippen molar-refractivity contribution in [3.63, 3.8) is 0 Å². The average molecular weight is 200 g/mol. The Balaban J connectivity index is 1.66. The first-order valence-electron chi connectivity index (χ1n) is 5.72. The molecule has 0 heterocycles. The molecule has 0 unspecified atom stereocenters. The van der Waals surface area contributed by atoms with Crippen LogP contribution in [0.15, 0.2) is 0 Å². The van der Waals surface area contributed by atoms with Crippen LogP contribution in [-0.4, -0.2) is 51.8 Å². The second-order valence-corrected chi connectivity index (χ2v) is 4.40. The van der Waals surface area contributed by atoms with Gasteiger partial charge in [-0.15, -0.1) is 0 Å². The van der Waals surface area contributed by atoms with Crippen LogP contribution in [0.25, 0.3) is 0 Å². The standard InChI is InChI=1S/C11H24N2O/c1-13(2)8-10-14-9-7-12-6-5-11-3-4-11/h11-12H,3-10H2,1-2H3. The average Bonchev–Trinajstić information content (AvgIpc) is 2.92. The Bertz CT molecular complexity index is 127. The first-order valence-corrected chi connectivity index (χ1v) is 5.72. The Hall–Kier alpha value is -0.120. The Morgan fingerprint density at radius 2 is 2.00 bits per heavy atom. The van der Waals surface area contributed by atoms with E-state index in [2.05, 4.69) is 24.3 Å². The smallest absolute Gasteiger partial charge is 0.0593 e. The molecule has 0 amide bonds. The highest BCUT2D eigenvalue weighted by molar-refractivity contribution is 4.73. The van der Waals surface area contributed by atoms with E-state index in [-0.39, 0.29) is 0 Å². The third kappa shape index (κ3) is 7.30. The van der Waals surface area contributed by atoms with Crippen molar-refractivity contribution in [3.05, 3.63) is 0 Å². The summed E-state index contributed by atoms with van der Waals surface area (Å²) in [5.41, 5.74) is 0. The van der Waals surface area contributed by atoms with E-state index >= 15 is 0 Å². The van der Waals surface area contributed by atoms with Crippen LogP contribution in [0.5, 0.6) is 0 Å². The summed E-state index contributed by atoms with van der Waals surface area (Å²) >= 11 is 0. The summed E-state index contributed by atoms with van der Waals surface area (Å²) in [6, 6.07) is 0. The van der Waals surface area contributed by atoms with Gasteiger partial charge >= 0.3 is 0 Å². The highest BCUT2D eigenvalue weighted by atomic mass is 16.5. The van der Waals surface area contributed by atoms with Crippen molar-refractivity contribution in [2.45, 2.75) is 19.3 Å². The molecule has 0 atom stereocenters. The molecule has 3 heteroatoms. The maximum Gasteiger partial charge on any atom is 0.0593 e. The topological polar surface area (TPSA) is 24.5 Å². The second kappa shape index (κ2) is 7.21. The van der Waals surface area contributed by atoms with Crippen LogP contribution in [0.3, 0.4) is 0 Å². The number of nitrogens with zero attached hydrogens (tertiary/aromatic N) is 1. The van der Waals surface area contributed by atoms with E-state index in [1.807, 2.05) is 0 Å². The molecule has 0 aromatic heterocycles. The van der Waals surface area contributed by atoms with Crippen molar-refractivity contribution in [3.8, 4) is 0 Å². The largest absolute Gasteiger partial charge is 0.379 e. The molecule has 1 fully saturated rings. The van der Waals surface area contributed by atoms with Crippen LogP contribution >= 0.6 is 0 Å². The second-order valence-electron chi connectivity index (χ2n) is 4.40. The summed E-state index contributed by atoms with van der Waals surface area (Å²) in [5, 5.41) is 3.41. The maximum absolute atomic E-state index is 5.46. The monoisotopic (exact) mass is 200 g/mol. The van der Waals surface area contributed by atoms with Crippen LogP contribution in [0.2, 0.25) is 0 Å². The molecule has 1 saturated carbocycles. The van der Waals surface area contributed by atoms with Crippen molar-refractivity contribution >= 4 is 0 Å². The van der Waals surface area contributed by atoms with E-state index in [0.29, 0.717) is 0 Å². The van der Waals surface area contributed by atoms with Crippen molar-refractivity contribution in [1.29, 1.82) is 0 Å². The molecular weight excluding hydrogens is 176 g/mol. The van der Waals surface area contributed by atoms with Crippen molar-refractivity contribution in [2.24, 2.45) is 5.92 Å². The summed E-state index contributed by atoms with van der Waals surface area (Å²) < 4.78 is 5.46. The third-order valence-electron chi connectivity index (χ3n) is 2.53. The van der Waals surface area contributed by atoms with Gasteiger partial charge in [-0.2, -0.15) is 0 Å². The minimum Gasteiger partial charge on any atom is -0.379 e. The molecule has 1 aliphatic rings. The minimum atomic E-state index is 0.845. The van der Waals surface area contributed by atoms with E-state index < -0.39 is 0 Å². The molecule has 0 aliphatic heterocycles. The molecule has 0 aromatic carbocycles. The van der Waals surface area contributed by atoms with Crippen molar-refractivity contribution < 1.29 is 4.74 Å². The predicted octanol–water partition coefficient (Wildman–Crippen LogP) is 0.954. The summed E-state index contributed by atoms with van der Waals surface area (Å²) in [6.45, 7) is 4.87. The highest BCUT2D eigenvalue weighted by Crippen LogP contribution is 2.31. The van der Waals surface area contributed by atoms with Gasteiger partial charge in [-0.05, 0) is 33.0 Å². The lowest BCUT2D eigenvalue weighted by atomic mass is 10.3. The lowest BCUT2D eigenvalue weighted by molar-refractivity contribution is 0.119. The molecule has 0 saturated heterocycles. The van der Waals surface area contributed by atoms with Gasteiger partial charge in [-0.1, -0.05) is 12.8 Å². The van der Waals surface area contributed by atoms with Gasteiger partial charge in [-0.3, -0.25) is 0 Å². The molecule has 84 valence electrons. The molecule has 0 aromatic rings. The van der Waals surface area contributed by atoms with Crippen LogP contribution in [-0.2, 0) is 4.74 Å². The minimum absolute atomic E-state index is 0.845. The van der Waals surface area contributed by atoms with Crippen LogP contribution in [0, 0.1) is 5.92 Å². The fraction of sp³-hybridized carbons (Fsp3) is 1.00. The Morgan fingerprint density at radius 3 is 2.64 bits per heavy atom. The third-order valence-corrected chi connectivity index (χ3v) is 2.53. The van der Waals surface area contributed by atoms with Gasteiger partial charge in [0.2, 0.25) is 0 Å².